The molecule has 118 valence electrons. The minimum Gasteiger partial charge on any atom is -0.489 e. The zero-order valence-corrected chi connectivity index (χ0v) is 13.2. The lowest BCUT2D eigenvalue weighted by Gasteiger charge is -2.17. The molecule has 1 aromatic carbocycles. The Labute approximate surface area is 135 Å². The molecule has 1 aliphatic heterocycles. The van der Waals surface area contributed by atoms with Crippen LogP contribution in [-0.2, 0) is 16.0 Å². The van der Waals surface area contributed by atoms with Crippen LogP contribution in [0.2, 0.25) is 0 Å². The Hall–Kier alpha value is -2.62. The Morgan fingerprint density at radius 3 is 2.87 bits per heavy atom. The SMILES string of the molecule is CC1(C)C=CC=CC(COc2ccc3c(c2)CC(=O)OC3=O)=C1. The third kappa shape index (κ3) is 3.59. The number of hydrogen-bond acceptors (Lipinski definition) is 4. The van der Waals surface area contributed by atoms with Crippen LogP contribution in [0.4, 0.5) is 0 Å². The first-order chi connectivity index (χ1) is 10.9. The molecule has 0 fully saturated rings. The van der Waals surface area contributed by atoms with Crippen molar-refractivity contribution >= 4 is 11.9 Å². The van der Waals surface area contributed by atoms with Crippen molar-refractivity contribution < 1.29 is 19.1 Å². The molecule has 0 saturated carbocycles. The van der Waals surface area contributed by atoms with E-state index in [1.54, 1.807) is 18.2 Å². The zero-order chi connectivity index (χ0) is 16.4. The van der Waals surface area contributed by atoms with E-state index in [4.69, 9.17) is 4.74 Å². The highest BCUT2D eigenvalue weighted by atomic mass is 16.6. The third-order valence-corrected chi connectivity index (χ3v) is 3.75. The molecule has 0 unspecified atom stereocenters. The quantitative estimate of drug-likeness (QED) is 0.634. The van der Waals surface area contributed by atoms with Crippen molar-refractivity contribution in [3.8, 4) is 5.75 Å². The molecule has 2 aliphatic rings. The number of benzene rings is 1. The summed E-state index contributed by atoms with van der Waals surface area (Å²) in [6.45, 7) is 4.69. The zero-order valence-electron chi connectivity index (χ0n) is 13.2. The molecule has 0 aromatic heterocycles. The number of ether oxygens (including phenoxy) is 2. The van der Waals surface area contributed by atoms with Gasteiger partial charge in [-0.15, -0.1) is 0 Å². The molecule has 1 aliphatic carbocycles. The first-order valence-corrected chi connectivity index (χ1v) is 7.51. The van der Waals surface area contributed by atoms with Crippen molar-refractivity contribution in [1.29, 1.82) is 0 Å². The Morgan fingerprint density at radius 1 is 1.22 bits per heavy atom. The van der Waals surface area contributed by atoms with Crippen LogP contribution in [0.1, 0.15) is 29.8 Å². The molecule has 0 N–H and O–H groups in total. The standard InChI is InChI=1S/C19H18O4/c1-19(2)8-4-3-5-13(11-19)12-22-15-6-7-16-14(9-15)10-17(20)23-18(16)21/h3-9,11H,10,12H2,1-2H3. The van der Waals surface area contributed by atoms with Gasteiger partial charge in [0.1, 0.15) is 12.4 Å². The van der Waals surface area contributed by atoms with Crippen molar-refractivity contribution in [2.45, 2.75) is 20.3 Å². The molecule has 0 amide bonds. The lowest BCUT2D eigenvalue weighted by Crippen LogP contribution is -2.22. The maximum Gasteiger partial charge on any atom is 0.346 e. The fourth-order valence-corrected chi connectivity index (χ4v) is 2.67. The molecule has 0 atom stereocenters. The van der Waals surface area contributed by atoms with E-state index >= 15 is 0 Å². The van der Waals surface area contributed by atoms with Gasteiger partial charge in [0.25, 0.3) is 0 Å². The number of allylic oxidation sites excluding steroid dienone is 4. The van der Waals surface area contributed by atoms with Crippen LogP contribution in [0, 0.1) is 5.41 Å². The van der Waals surface area contributed by atoms with E-state index in [9.17, 15) is 9.59 Å². The minimum atomic E-state index is -0.593. The Bertz CT molecular complexity index is 751. The number of rotatable bonds is 3. The fourth-order valence-electron chi connectivity index (χ4n) is 2.67. The predicted octanol–water partition coefficient (Wildman–Crippen LogP) is 3.38. The van der Waals surface area contributed by atoms with Gasteiger partial charge in [-0.3, -0.25) is 4.79 Å². The molecule has 4 heteroatoms. The Morgan fingerprint density at radius 2 is 2.04 bits per heavy atom. The van der Waals surface area contributed by atoms with Crippen molar-refractivity contribution in [3.05, 3.63) is 65.3 Å². The summed E-state index contributed by atoms with van der Waals surface area (Å²) in [5.74, 6) is -0.484. The average Bonchev–Trinajstić information content (AvgIpc) is 2.65. The Balaban J connectivity index is 1.75. The number of cyclic esters (lactones) is 2. The van der Waals surface area contributed by atoms with E-state index in [2.05, 4.69) is 30.7 Å². The summed E-state index contributed by atoms with van der Waals surface area (Å²) in [6.07, 6.45) is 10.4. The molecule has 1 heterocycles. The third-order valence-electron chi connectivity index (χ3n) is 3.75. The van der Waals surface area contributed by atoms with E-state index in [1.165, 1.54) is 0 Å². The van der Waals surface area contributed by atoms with E-state index in [1.807, 2.05) is 18.2 Å². The molecular formula is C19H18O4. The number of carbonyl (C=O) groups is 2. The van der Waals surface area contributed by atoms with Crippen LogP contribution in [0.25, 0.3) is 0 Å². The van der Waals surface area contributed by atoms with Crippen molar-refractivity contribution in [3.63, 3.8) is 0 Å². The lowest BCUT2D eigenvalue weighted by molar-refractivity contribution is -0.137. The first-order valence-electron chi connectivity index (χ1n) is 7.51. The molecule has 23 heavy (non-hydrogen) atoms. The number of carbonyl (C=O) groups excluding carboxylic acids is 2. The maximum absolute atomic E-state index is 11.6. The van der Waals surface area contributed by atoms with Gasteiger partial charge in [0.05, 0.1) is 12.0 Å². The topological polar surface area (TPSA) is 52.6 Å². The van der Waals surface area contributed by atoms with E-state index in [0.717, 1.165) is 5.57 Å². The van der Waals surface area contributed by atoms with Gasteiger partial charge >= 0.3 is 11.9 Å². The summed E-state index contributed by atoms with van der Waals surface area (Å²) in [4.78, 5) is 23.0. The first kappa shape index (κ1) is 15.3. The maximum atomic E-state index is 11.6. The fraction of sp³-hybridized carbons (Fsp3) is 0.263. The van der Waals surface area contributed by atoms with Crippen molar-refractivity contribution in [2.75, 3.05) is 6.61 Å². The molecular weight excluding hydrogens is 292 g/mol. The van der Waals surface area contributed by atoms with Crippen molar-refractivity contribution in [2.24, 2.45) is 5.41 Å². The van der Waals surface area contributed by atoms with Gasteiger partial charge in [0, 0.05) is 5.41 Å². The van der Waals surface area contributed by atoms with Crippen LogP contribution >= 0.6 is 0 Å². The summed E-state index contributed by atoms with van der Waals surface area (Å²) in [6, 6.07) is 5.10. The van der Waals surface area contributed by atoms with Crippen molar-refractivity contribution in [1.82, 2.24) is 0 Å². The largest absolute Gasteiger partial charge is 0.489 e. The molecule has 3 rings (SSSR count). The second kappa shape index (κ2) is 5.88. The van der Waals surface area contributed by atoms with Crippen LogP contribution in [-0.4, -0.2) is 18.5 Å². The van der Waals surface area contributed by atoms with E-state index in [0.29, 0.717) is 23.5 Å². The lowest BCUT2D eigenvalue weighted by atomic mass is 9.91. The molecule has 1 aromatic rings. The number of fused-ring (bicyclic) bond motifs is 1. The predicted molar refractivity (Wildman–Crippen MR) is 86.2 cm³/mol. The number of esters is 2. The molecule has 0 radical (unpaired) electrons. The minimum absolute atomic E-state index is 0.0196. The summed E-state index contributed by atoms with van der Waals surface area (Å²) in [7, 11) is 0. The average molecular weight is 310 g/mol. The van der Waals surface area contributed by atoms with Gasteiger partial charge in [-0.2, -0.15) is 0 Å². The molecule has 0 spiro atoms. The van der Waals surface area contributed by atoms with Crippen LogP contribution in [0.3, 0.4) is 0 Å². The highest BCUT2D eigenvalue weighted by Crippen LogP contribution is 2.26. The van der Waals surface area contributed by atoms with Gasteiger partial charge in [-0.1, -0.05) is 44.2 Å². The highest BCUT2D eigenvalue weighted by molar-refractivity contribution is 6.02. The van der Waals surface area contributed by atoms with Crippen LogP contribution in [0.5, 0.6) is 5.75 Å². The van der Waals surface area contributed by atoms with Gasteiger partial charge in [-0.05, 0) is 29.3 Å². The molecule has 4 nitrogen and oxygen atoms in total. The normalized spacial score (nSPS) is 18.8. The second-order valence-corrected chi connectivity index (χ2v) is 6.30. The van der Waals surface area contributed by atoms with Crippen LogP contribution < -0.4 is 4.74 Å². The molecule has 0 bridgehead atoms. The number of hydrogen-bond donors (Lipinski definition) is 0. The molecule has 0 saturated heterocycles. The second-order valence-electron chi connectivity index (χ2n) is 6.30. The van der Waals surface area contributed by atoms with Gasteiger partial charge in [-0.25, -0.2) is 4.79 Å². The van der Waals surface area contributed by atoms with E-state index < -0.39 is 11.9 Å². The Kier molecular flexibility index (Phi) is 3.90. The summed E-state index contributed by atoms with van der Waals surface area (Å²) in [5, 5.41) is 0. The summed E-state index contributed by atoms with van der Waals surface area (Å²) < 4.78 is 10.4. The van der Waals surface area contributed by atoms with E-state index in [-0.39, 0.29) is 11.8 Å². The monoisotopic (exact) mass is 310 g/mol. The highest BCUT2D eigenvalue weighted by Gasteiger charge is 2.25. The summed E-state index contributed by atoms with van der Waals surface area (Å²) in [5.41, 5.74) is 2.13. The van der Waals surface area contributed by atoms with Gasteiger partial charge < -0.3 is 9.47 Å². The summed E-state index contributed by atoms with van der Waals surface area (Å²) >= 11 is 0. The van der Waals surface area contributed by atoms with Gasteiger partial charge in [0.2, 0.25) is 0 Å². The van der Waals surface area contributed by atoms with Gasteiger partial charge in [0.15, 0.2) is 0 Å². The van der Waals surface area contributed by atoms with Crippen LogP contribution in [0.15, 0.2) is 54.2 Å². The smallest absolute Gasteiger partial charge is 0.346 e.